The van der Waals surface area contributed by atoms with Crippen LogP contribution in [0.5, 0.6) is 0 Å². The number of rotatable bonds is 4. The Morgan fingerprint density at radius 1 is 1.45 bits per heavy atom. The Balaban J connectivity index is 1.98. The van der Waals surface area contributed by atoms with Crippen LogP contribution in [0.3, 0.4) is 0 Å². The van der Waals surface area contributed by atoms with E-state index in [2.05, 4.69) is 21.2 Å². The van der Waals surface area contributed by atoms with Crippen molar-refractivity contribution in [3.05, 3.63) is 33.8 Å². The number of ether oxygens (including phenoxy) is 1. The van der Waals surface area contributed by atoms with E-state index in [9.17, 15) is 9.18 Å². The predicted molar refractivity (Wildman–Crippen MR) is 79.5 cm³/mol. The van der Waals surface area contributed by atoms with E-state index in [1.807, 2.05) is 25.1 Å². The van der Waals surface area contributed by atoms with E-state index in [-0.39, 0.29) is 12.3 Å². The molecule has 1 amide bonds. The van der Waals surface area contributed by atoms with Crippen molar-refractivity contribution in [1.29, 1.82) is 0 Å². The average Bonchev–Trinajstić information content (AvgIpc) is 2.44. The van der Waals surface area contributed by atoms with Crippen LogP contribution in [0.4, 0.5) is 4.39 Å². The molecule has 1 saturated heterocycles. The number of benzene rings is 1. The lowest BCUT2D eigenvalue weighted by molar-refractivity contribution is -0.124. The summed E-state index contributed by atoms with van der Waals surface area (Å²) >= 11 is 3.45. The Kier molecular flexibility index (Phi) is 5.16. The summed E-state index contributed by atoms with van der Waals surface area (Å²) in [5.74, 6) is -0.139. The van der Waals surface area contributed by atoms with Crippen LogP contribution in [0.15, 0.2) is 22.7 Å². The Hall–Kier alpha value is -0.940. The number of halogens is 2. The summed E-state index contributed by atoms with van der Waals surface area (Å²) < 4.78 is 19.5. The number of aryl methyl sites for hydroxylation is 1. The lowest BCUT2D eigenvalue weighted by atomic mass is 9.91. The minimum atomic E-state index is -0.739. The molecule has 2 rings (SSSR count). The fourth-order valence-corrected chi connectivity index (χ4v) is 2.75. The molecule has 3 nitrogen and oxygen atoms in total. The molecule has 1 aromatic rings. The summed E-state index contributed by atoms with van der Waals surface area (Å²) in [5.41, 5.74) is 1.30. The van der Waals surface area contributed by atoms with E-state index in [1.165, 1.54) is 0 Å². The first-order chi connectivity index (χ1) is 9.54. The van der Waals surface area contributed by atoms with Crippen LogP contribution in [0, 0.1) is 6.92 Å². The van der Waals surface area contributed by atoms with Crippen molar-refractivity contribution in [3.63, 3.8) is 0 Å². The highest BCUT2D eigenvalue weighted by Gasteiger charge is 2.34. The van der Waals surface area contributed by atoms with Crippen molar-refractivity contribution in [2.75, 3.05) is 19.9 Å². The highest BCUT2D eigenvalue weighted by Crippen LogP contribution is 2.22. The van der Waals surface area contributed by atoms with Crippen LogP contribution in [-0.2, 0) is 16.0 Å². The van der Waals surface area contributed by atoms with Gasteiger partial charge in [0, 0.05) is 17.7 Å². The fourth-order valence-electron chi connectivity index (χ4n) is 2.33. The van der Waals surface area contributed by atoms with Gasteiger partial charge in [0.1, 0.15) is 6.67 Å². The third-order valence-electron chi connectivity index (χ3n) is 3.71. The number of alkyl halides is 1. The van der Waals surface area contributed by atoms with Crippen LogP contribution in [0.2, 0.25) is 0 Å². The van der Waals surface area contributed by atoms with Gasteiger partial charge in [0.05, 0.1) is 12.0 Å². The minimum Gasteiger partial charge on any atom is -0.381 e. The highest BCUT2D eigenvalue weighted by molar-refractivity contribution is 9.10. The molecule has 110 valence electrons. The first kappa shape index (κ1) is 15.4. The second-order valence-corrected chi connectivity index (χ2v) is 6.19. The fraction of sp³-hybridized carbons (Fsp3) is 0.533. The van der Waals surface area contributed by atoms with Crippen LogP contribution in [-0.4, -0.2) is 31.3 Å². The molecule has 1 aliphatic heterocycles. The zero-order valence-corrected chi connectivity index (χ0v) is 13.1. The third-order valence-corrected chi connectivity index (χ3v) is 4.57. The Morgan fingerprint density at radius 2 is 2.15 bits per heavy atom. The lowest BCUT2D eigenvalue weighted by Crippen LogP contribution is -2.54. The Bertz CT molecular complexity index is 487. The second-order valence-electron chi connectivity index (χ2n) is 5.33. The van der Waals surface area contributed by atoms with Gasteiger partial charge in [-0.15, -0.1) is 0 Å². The number of carbonyl (C=O) groups excluding carboxylic acids is 1. The van der Waals surface area contributed by atoms with Crippen LogP contribution >= 0.6 is 15.9 Å². The average molecular weight is 344 g/mol. The van der Waals surface area contributed by atoms with Crippen molar-refractivity contribution in [2.24, 2.45) is 0 Å². The van der Waals surface area contributed by atoms with Gasteiger partial charge in [0.25, 0.3) is 0 Å². The van der Waals surface area contributed by atoms with Gasteiger partial charge in [-0.1, -0.05) is 28.1 Å². The maximum absolute atomic E-state index is 13.3. The van der Waals surface area contributed by atoms with E-state index in [4.69, 9.17) is 4.74 Å². The number of carbonyl (C=O) groups is 1. The molecular formula is C15H19BrFNO2. The van der Waals surface area contributed by atoms with Crippen LogP contribution in [0.1, 0.15) is 24.0 Å². The Labute approximate surface area is 127 Å². The van der Waals surface area contributed by atoms with Crippen LogP contribution in [0.25, 0.3) is 0 Å². The molecular weight excluding hydrogens is 325 g/mol. The van der Waals surface area contributed by atoms with Crippen molar-refractivity contribution in [1.82, 2.24) is 5.32 Å². The molecule has 1 aliphatic rings. The molecule has 20 heavy (non-hydrogen) atoms. The zero-order valence-electron chi connectivity index (χ0n) is 11.5. The smallest absolute Gasteiger partial charge is 0.224 e. The van der Waals surface area contributed by atoms with E-state index in [0.29, 0.717) is 26.1 Å². The van der Waals surface area contributed by atoms with E-state index in [0.717, 1.165) is 15.6 Å². The topological polar surface area (TPSA) is 38.3 Å². The van der Waals surface area contributed by atoms with Gasteiger partial charge < -0.3 is 10.1 Å². The highest BCUT2D eigenvalue weighted by atomic mass is 79.9. The quantitative estimate of drug-likeness (QED) is 0.912. The standard InChI is InChI=1S/C15H19BrFNO2/c1-11-2-3-12(8-13(11)16)9-14(19)18-15(10-17)4-6-20-7-5-15/h2-3,8H,4-7,9-10H2,1H3,(H,18,19). The molecule has 0 unspecified atom stereocenters. The summed E-state index contributed by atoms with van der Waals surface area (Å²) in [5, 5.41) is 2.86. The van der Waals surface area contributed by atoms with Crippen LogP contribution < -0.4 is 5.32 Å². The van der Waals surface area contributed by atoms with Gasteiger partial charge in [0.2, 0.25) is 5.91 Å². The summed E-state index contributed by atoms with van der Waals surface area (Å²) in [7, 11) is 0. The van der Waals surface area contributed by atoms with E-state index < -0.39 is 12.2 Å². The predicted octanol–water partition coefficient (Wildman–Crippen LogP) is 2.93. The monoisotopic (exact) mass is 343 g/mol. The molecule has 5 heteroatoms. The van der Waals surface area contributed by atoms with Gasteiger partial charge in [-0.25, -0.2) is 4.39 Å². The van der Waals surface area contributed by atoms with Gasteiger partial charge >= 0.3 is 0 Å². The summed E-state index contributed by atoms with van der Waals surface area (Å²) in [4.78, 5) is 12.1. The van der Waals surface area contributed by atoms with E-state index >= 15 is 0 Å². The lowest BCUT2D eigenvalue weighted by Gasteiger charge is -2.35. The molecule has 1 heterocycles. The van der Waals surface area contributed by atoms with Crippen molar-refractivity contribution < 1.29 is 13.9 Å². The number of nitrogens with one attached hydrogen (secondary N) is 1. The second kappa shape index (κ2) is 6.68. The molecule has 0 spiro atoms. The molecule has 0 aliphatic carbocycles. The van der Waals surface area contributed by atoms with Crippen molar-refractivity contribution in [3.8, 4) is 0 Å². The molecule has 0 aromatic heterocycles. The summed E-state index contributed by atoms with van der Waals surface area (Å²) in [6.45, 7) is 2.45. The first-order valence-corrected chi connectivity index (χ1v) is 7.54. The Morgan fingerprint density at radius 3 is 2.75 bits per heavy atom. The number of amides is 1. The van der Waals surface area contributed by atoms with Crippen molar-refractivity contribution >= 4 is 21.8 Å². The molecule has 0 bridgehead atoms. The largest absolute Gasteiger partial charge is 0.381 e. The maximum atomic E-state index is 13.3. The first-order valence-electron chi connectivity index (χ1n) is 6.74. The number of hydrogen-bond donors (Lipinski definition) is 1. The normalized spacial score (nSPS) is 17.8. The maximum Gasteiger partial charge on any atom is 0.224 e. The third kappa shape index (κ3) is 3.79. The molecule has 0 saturated carbocycles. The number of hydrogen-bond acceptors (Lipinski definition) is 2. The molecule has 1 N–H and O–H groups in total. The molecule has 0 radical (unpaired) electrons. The van der Waals surface area contributed by atoms with Gasteiger partial charge in [-0.05, 0) is 37.0 Å². The molecule has 1 aromatic carbocycles. The van der Waals surface area contributed by atoms with Gasteiger partial charge in [-0.2, -0.15) is 0 Å². The molecule has 1 fully saturated rings. The molecule has 0 atom stereocenters. The van der Waals surface area contributed by atoms with E-state index in [1.54, 1.807) is 0 Å². The SMILES string of the molecule is Cc1ccc(CC(=O)NC2(CF)CCOCC2)cc1Br. The summed E-state index contributed by atoms with van der Waals surface area (Å²) in [6.07, 6.45) is 1.33. The van der Waals surface area contributed by atoms with Gasteiger partial charge in [0.15, 0.2) is 0 Å². The van der Waals surface area contributed by atoms with Gasteiger partial charge in [-0.3, -0.25) is 4.79 Å². The minimum absolute atomic E-state index is 0.139. The van der Waals surface area contributed by atoms with Crippen molar-refractivity contribution in [2.45, 2.75) is 31.7 Å². The summed E-state index contributed by atoms with van der Waals surface area (Å²) in [6, 6.07) is 5.82. The zero-order chi connectivity index (χ0) is 14.6.